The zero-order valence-corrected chi connectivity index (χ0v) is 12.6. The van der Waals surface area contributed by atoms with Crippen LogP contribution in [-0.2, 0) is 11.2 Å². The summed E-state index contributed by atoms with van der Waals surface area (Å²) in [6.45, 7) is 0. The molecule has 5 nitrogen and oxygen atoms in total. The molecule has 5 heteroatoms. The fourth-order valence-electron chi connectivity index (χ4n) is 2.69. The second-order valence-electron chi connectivity index (χ2n) is 5.40. The van der Waals surface area contributed by atoms with Gasteiger partial charge in [0.05, 0.1) is 18.2 Å². The first-order valence-corrected chi connectivity index (χ1v) is 7.27. The Bertz CT molecular complexity index is 766. The van der Waals surface area contributed by atoms with E-state index < -0.39 is 5.97 Å². The zero-order valence-electron chi connectivity index (χ0n) is 12.6. The average Bonchev–Trinajstić information content (AvgIpc) is 2.56. The lowest BCUT2D eigenvalue weighted by Gasteiger charge is -2.25. The van der Waals surface area contributed by atoms with Crippen LogP contribution in [0.4, 0.5) is 0 Å². The van der Waals surface area contributed by atoms with E-state index in [0.29, 0.717) is 28.9 Å². The van der Waals surface area contributed by atoms with Crippen molar-refractivity contribution in [2.45, 2.75) is 18.9 Å². The minimum Gasteiger partial charge on any atom is -0.508 e. The molecular formula is C18H16O5. The smallest absolute Gasteiger partial charge is 0.337 e. The van der Waals surface area contributed by atoms with Crippen LogP contribution in [0.3, 0.4) is 0 Å². The number of rotatable bonds is 3. The molecule has 0 amide bonds. The van der Waals surface area contributed by atoms with Crippen LogP contribution in [0.25, 0.3) is 0 Å². The van der Waals surface area contributed by atoms with Gasteiger partial charge >= 0.3 is 5.97 Å². The second-order valence-corrected chi connectivity index (χ2v) is 5.40. The monoisotopic (exact) mass is 312 g/mol. The molecule has 0 bridgehead atoms. The van der Waals surface area contributed by atoms with Crippen LogP contribution in [0.15, 0.2) is 42.5 Å². The lowest BCUT2D eigenvalue weighted by molar-refractivity contribution is 0.0600. The van der Waals surface area contributed by atoms with Gasteiger partial charge in [-0.25, -0.2) is 4.79 Å². The van der Waals surface area contributed by atoms with Gasteiger partial charge in [0.2, 0.25) is 0 Å². The number of hydrogen-bond donors (Lipinski definition) is 1. The Morgan fingerprint density at radius 3 is 2.87 bits per heavy atom. The quantitative estimate of drug-likeness (QED) is 0.882. The highest BCUT2D eigenvalue weighted by atomic mass is 16.5. The number of para-hydroxylation sites is 1. The summed E-state index contributed by atoms with van der Waals surface area (Å²) in [5.41, 5.74) is 1.48. The number of phenolic OH excluding ortho intramolecular Hbond substituents is 1. The van der Waals surface area contributed by atoms with Crippen molar-refractivity contribution >= 4 is 11.8 Å². The normalized spacial score (nSPS) is 16.4. The summed E-state index contributed by atoms with van der Waals surface area (Å²) in [6.07, 6.45) is 0.187. The SMILES string of the molecule is COC(=O)c1ccc(O)c(CC2CC(=O)c3ccccc3O2)c1. The second kappa shape index (κ2) is 6.12. The van der Waals surface area contributed by atoms with E-state index in [0.717, 1.165) is 0 Å². The highest BCUT2D eigenvalue weighted by Crippen LogP contribution is 2.30. The van der Waals surface area contributed by atoms with E-state index in [9.17, 15) is 14.7 Å². The Hall–Kier alpha value is -2.82. The summed E-state index contributed by atoms with van der Waals surface area (Å²) in [4.78, 5) is 23.8. The van der Waals surface area contributed by atoms with Crippen molar-refractivity contribution in [2.75, 3.05) is 7.11 Å². The van der Waals surface area contributed by atoms with Crippen molar-refractivity contribution < 1.29 is 24.2 Å². The van der Waals surface area contributed by atoms with Crippen LogP contribution < -0.4 is 4.74 Å². The van der Waals surface area contributed by atoms with Gasteiger partial charge < -0.3 is 14.6 Å². The standard InChI is InChI=1S/C18H16O5/c1-22-18(21)11-6-7-15(19)12(8-11)9-13-10-16(20)14-4-2-3-5-17(14)23-13/h2-8,13,19H,9-10H2,1H3. The molecule has 118 valence electrons. The number of benzene rings is 2. The third-order valence-electron chi connectivity index (χ3n) is 3.84. The Morgan fingerprint density at radius 1 is 1.30 bits per heavy atom. The van der Waals surface area contributed by atoms with Gasteiger partial charge in [-0.15, -0.1) is 0 Å². The van der Waals surface area contributed by atoms with E-state index >= 15 is 0 Å². The molecule has 0 spiro atoms. The topological polar surface area (TPSA) is 72.8 Å². The molecule has 1 N–H and O–H groups in total. The van der Waals surface area contributed by atoms with Crippen LogP contribution in [0, 0.1) is 0 Å². The molecule has 3 rings (SSSR count). The van der Waals surface area contributed by atoms with Crippen LogP contribution in [0.2, 0.25) is 0 Å². The molecule has 0 saturated carbocycles. The maximum absolute atomic E-state index is 12.2. The fraction of sp³-hybridized carbons (Fsp3) is 0.222. The van der Waals surface area contributed by atoms with Crippen molar-refractivity contribution in [3.63, 3.8) is 0 Å². The Morgan fingerprint density at radius 2 is 2.09 bits per heavy atom. The molecule has 1 aliphatic rings. The maximum atomic E-state index is 12.2. The van der Waals surface area contributed by atoms with Gasteiger partial charge in [0.15, 0.2) is 5.78 Å². The van der Waals surface area contributed by atoms with E-state index in [1.807, 2.05) is 6.07 Å². The number of hydrogen-bond acceptors (Lipinski definition) is 5. The molecular weight excluding hydrogens is 296 g/mol. The average molecular weight is 312 g/mol. The fourth-order valence-corrected chi connectivity index (χ4v) is 2.69. The first-order valence-electron chi connectivity index (χ1n) is 7.27. The number of aromatic hydroxyl groups is 1. The Kier molecular flexibility index (Phi) is 4.02. The van der Waals surface area contributed by atoms with Crippen molar-refractivity contribution in [3.05, 3.63) is 59.2 Å². The van der Waals surface area contributed by atoms with Crippen LogP contribution >= 0.6 is 0 Å². The van der Waals surface area contributed by atoms with Gasteiger partial charge in [-0.1, -0.05) is 12.1 Å². The minimum atomic E-state index is -0.475. The molecule has 1 unspecified atom stereocenters. The van der Waals surface area contributed by atoms with Gasteiger partial charge in [-0.05, 0) is 35.9 Å². The first kappa shape index (κ1) is 15.1. The summed E-state index contributed by atoms with van der Waals surface area (Å²) < 4.78 is 10.5. The van der Waals surface area contributed by atoms with Crippen LogP contribution in [-0.4, -0.2) is 30.1 Å². The molecule has 0 aliphatic carbocycles. The number of methoxy groups -OCH3 is 1. The zero-order chi connectivity index (χ0) is 16.4. The number of ketones is 1. The molecule has 1 aliphatic heterocycles. The van der Waals surface area contributed by atoms with Gasteiger partial charge in [0.1, 0.15) is 17.6 Å². The van der Waals surface area contributed by atoms with Gasteiger partial charge in [0.25, 0.3) is 0 Å². The van der Waals surface area contributed by atoms with Crippen molar-refractivity contribution in [3.8, 4) is 11.5 Å². The number of fused-ring (bicyclic) bond motifs is 1. The van der Waals surface area contributed by atoms with Crippen molar-refractivity contribution in [1.29, 1.82) is 0 Å². The lowest BCUT2D eigenvalue weighted by Crippen LogP contribution is -2.28. The molecule has 0 radical (unpaired) electrons. The van der Waals surface area contributed by atoms with E-state index in [2.05, 4.69) is 4.74 Å². The molecule has 23 heavy (non-hydrogen) atoms. The van der Waals surface area contributed by atoms with Gasteiger partial charge in [-0.3, -0.25) is 4.79 Å². The van der Waals surface area contributed by atoms with E-state index in [4.69, 9.17) is 4.74 Å². The van der Waals surface area contributed by atoms with Crippen LogP contribution in [0.1, 0.15) is 32.7 Å². The molecule has 2 aromatic carbocycles. The van der Waals surface area contributed by atoms with Gasteiger partial charge in [-0.2, -0.15) is 0 Å². The number of Topliss-reactive ketones (excluding diaryl/α,β-unsaturated/α-hetero) is 1. The number of phenols is 1. The highest BCUT2D eigenvalue weighted by molar-refractivity contribution is 5.99. The molecule has 0 fully saturated rings. The highest BCUT2D eigenvalue weighted by Gasteiger charge is 2.27. The number of carbonyl (C=O) groups excluding carboxylic acids is 2. The lowest BCUT2D eigenvalue weighted by atomic mass is 9.95. The van der Waals surface area contributed by atoms with E-state index in [-0.39, 0.29) is 24.1 Å². The Balaban J connectivity index is 1.83. The predicted molar refractivity (Wildman–Crippen MR) is 83.0 cm³/mol. The van der Waals surface area contributed by atoms with Crippen molar-refractivity contribution in [2.24, 2.45) is 0 Å². The maximum Gasteiger partial charge on any atom is 0.337 e. The minimum absolute atomic E-state index is 0.0143. The largest absolute Gasteiger partial charge is 0.508 e. The van der Waals surface area contributed by atoms with E-state index in [1.165, 1.54) is 19.2 Å². The first-order chi connectivity index (χ1) is 11.1. The molecule has 2 aromatic rings. The summed E-state index contributed by atoms with van der Waals surface area (Å²) >= 11 is 0. The predicted octanol–water partition coefficient (Wildman–Crippen LogP) is 2.76. The number of carbonyl (C=O) groups is 2. The molecule has 1 atom stereocenters. The van der Waals surface area contributed by atoms with Crippen LogP contribution in [0.5, 0.6) is 11.5 Å². The summed E-state index contributed by atoms with van der Waals surface area (Å²) in [6, 6.07) is 11.6. The molecule has 0 aromatic heterocycles. The van der Waals surface area contributed by atoms with E-state index in [1.54, 1.807) is 24.3 Å². The third-order valence-corrected chi connectivity index (χ3v) is 3.84. The summed E-state index contributed by atoms with van der Waals surface area (Å²) in [5.74, 6) is 0.155. The molecule has 1 heterocycles. The van der Waals surface area contributed by atoms with Crippen molar-refractivity contribution in [1.82, 2.24) is 0 Å². The molecule has 0 saturated heterocycles. The van der Waals surface area contributed by atoms with Gasteiger partial charge in [0, 0.05) is 12.8 Å². The summed E-state index contributed by atoms with van der Waals surface area (Å²) in [7, 11) is 1.30. The number of esters is 1. The third kappa shape index (κ3) is 3.04. The Labute approximate surface area is 133 Å². The number of ether oxygens (including phenoxy) is 2. The summed E-state index contributed by atoms with van der Waals surface area (Å²) in [5, 5.41) is 9.99.